The summed E-state index contributed by atoms with van der Waals surface area (Å²) in [4.78, 5) is 30.4. The Bertz CT molecular complexity index is 1860. The van der Waals surface area contributed by atoms with E-state index >= 15 is 0 Å². The van der Waals surface area contributed by atoms with E-state index in [4.69, 9.17) is 24.6 Å². The second kappa shape index (κ2) is 11.5. The summed E-state index contributed by atoms with van der Waals surface area (Å²) >= 11 is 0. The number of aliphatic hydroxyl groups is 2. The highest BCUT2D eigenvalue weighted by molar-refractivity contribution is 5.95. The lowest BCUT2D eigenvalue weighted by molar-refractivity contribution is -0.0608. The van der Waals surface area contributed by atoms with Crippen molar-refractivity contribution in [3.8, 4) is 11.4 Å². The first-order valence-corrected chi connectivity index (χ1v) is 13.6. The van der Waals surface area contributed by atoms with Crippen molar-refractivity contribution in [3.05, 3.63) is 102 Å². The number of fused-ring (bicyclic) bond motifs is 1. The van der Waals surface area contributed by atoms with Gasteiger partial charge >= 0.3 is 0 Å². The minimum Gasteiger partial charge on any atom is -0.387 e. The van der Waals surface area contributed by atoms with Gasteiger partial charge in [0.15, 0.2) is 29.0 Å². The summed E-state index contributed by atoms with van der Waals surface area (Å²) in [7, 11) is 1.51. The predicted octanol–water partition coefficient (Wildman–Crippen LogP) is 2.35. The molecule has 1 fully saturated rings. The molecule has 12 heteroatoms. The Kier molecular flexibility index (Phi) is 6.63. The second-order valence-electron chi connectivity index (χ2n) is 10.3. The summed E-state index contributed by atoms with van der Waals surface area (Å²) in [5.74, 6) is 0.188. The largest absolute Gasteiger partial charge is 0.387 e. The SMILES string of the molecule is [2H]C([2H])([2H])C(N)(c1ccccc1)[C@H]1O[C@H](n2cnc3c(NCc4ccccc4)nc(-c4cncc(C(=O)NC)c4)nc32)[C@@H](O)[C@H]1O. The van der Waals surface area contributed by atoms with Gasteiger partial charge in [-0.2, -0.15) is 0 Å². The molecule has 0 spiro atoms. The van der Waals surface area contributed by atoms with Gasteiger partial charge in [0.1, 0.15) is 18.3 Å². The third kappa shape index (κ3) is 5.32. The van der Waals surface area contributed by atoms with E-state index in [1.54, 1.807) is 36.4 Å². The van der Waals surface area contributed by atoms with Crippen LogP contribution in [0.15, 0.2) is 85.5 Å². The zero-order chi connectivity index (χ0) is 32.6. The minimum absolute atomic E-state index is 0.188. The third-order valence-corrected chi connectivity index (χ3v) is 7.42. The fourth-order valence-corrected chi connectivity index (χ4v) is 5.11. The average molecular weight is 584 g/mol. The quantitative estimate of drug-likeness (QED) is 0.182. The van der Waals surface area contributed by atoms with Crippen LogP contribution in [0.2, 0.25) is 0 Å². The number of hydrogen-bond acceptors (Lipinski definition) is 10. The van der Waals surface area contributed by atoms with Gasteiger partial charge in [0.2, 0.25) is 0 Å². The first-order chi connectivity index (χ1) is 22.0. The topological polar surface area (TPSA) is 173 Å². The Morgan fingerprint density at radius 3 is 2.56 bits per heavy atom. The summed E-state index contributed by atoms with van der Waals surface area (Å²) in [6.07, 6.45) is -1.85. The molecule has 220 valence electrons. The monoisotopic (exact) mass is 583 g/mol. The Hall–Kier alpha value is -4.75. The standard InChI is InChI=1S/C31H32N8O4/c1-31(32,21-11-7-4-8-12-21)25-23(40)24(41)30(43-25)39-17-36-22-27(35-14-18-9-5-3-6-10-18)37-26(38-28(22)39)19-13-20(16-34-15-19)29(42)33-2/h3-13,15-17,23-25,30,40-41H,14,32H2,1-2H3,(H,33,42)(H,35,37,38)/t23-,24+,25+,30+,31?/m1/s1/i1D3. The molecule has 5 atom stereocenters. The number of pyridine rings is 1. The number of imidazole rings is 1. The van der Waals surface area contributed by atoms with Crippen LogP contribution in [0.5, 0.6) is 0 Å². The van der Waals surface area contributed by atoms with E-state index in [9.17, 15) is 15.0 Å². The van der Waals surface area contributed by atoms with Crippen molar-refractivity contribution in [2.24, 2.45) is 5.73 Å². The van der Waals surface area contributed by atoms with Gasteiger partial charge in [0, 0.05) is 35.7 Å². The highest BCUT2D eigenvalue weighted by atomic mass is 16.6. The number of benzene rings is 2. The Balaban J connectivity index is 1.45. The van der Waals surface area contributed by atoms with E-state index in [2.05, 4.69) is 20.6 Å². The van der Waals surface area contributed by atoms with E-state index in [1.807, 2.05) is 30.3 Å². The number of carbonyl (C=O) groups excluding carboxylic acids is 1. The molecule has 6 rings (SSSR count). The van der Waals surface area contributed by atoms with E-state index < -0.39 is 36.9 Å². The molecule has 1 aliphatic heterocycles. The summed E-state index contributed by atoms with van der Waals surface area (Å²) in [6, 6.07) is 19.3. The van der Waals surface area contributed by atoms with Gasteiger partial charge in [-0.1, -0.05) is 60.7 Å². The van der Waals surface area contributed by atoms with Crippen molar-refractivity contribution < 1.29 is 23.9 Å². The Morgan fingerprint density at radius 1 is 1.09 bits per heavy atom. The minimum atomic E-state index is -2.82. The van der Waals surface area contributed by atoms with Crippen molar-refractivity contribution in [1.29, 1.82) is 0 Å². The molecular weight excluding hydrogens is 548 g/mol. The first-order valence-electron chi connectivity index (χ1n) is 15.1. The molecule has 0 radical (unpaired) electrons. The molecule has 6 N–H and O–H groups in total. The van der Waals surface area contributed by atoms with Crippen molar-refractivity contribution in [1.82, 2.24) is 29.8 Å². The van der Waals surface area contributed by atoms with Crippen LogP contribution >= 0.6 is 0 Å². The molecule has 43 heavy (non-hydrogen) atoms. The summed E-state index contributed by atoms with van der Waals surface area (Å²) in [5.41, 5.74) is 6.86. The average Bonchev–Trinajstić information content (AvgIpc) is 3.63. The smallest absolute Gasteiger partial charge is 0.252 e. The maximum absolute atomic E-state index is 12.3. The normalized spacial score (nSPS) is 22.7. The molecule has 4 heterocycles. The van der Waals surface area contributed by atoms with Crippen molar-refractivity contribution >= 4 is 22.9 Å². The number of rotatable bonds is 8. The fraction of sp³-hybridized carbons (Fsp3) is 0.258. The molecule has 0 aliphatic carbocycles. The maximum atomic E-state index is 12.3. The van der Waals surface area contributed by atoms with Crippen LogP contribution in [-0.2, 0) is 16.8 Å². The lowest BCUT2D eigenvalue weighted by atomic mass is 9.84. The number of nitrogens with one attached hydrogen (secondary N) is 2. The number of hydrogen-bond donors (Lipinski definition) is 5. The van der Waals surface area contributed by atoms with E-state index in [0.717, 1.165) is 5.56 Å². The van der Waals surface area contributed by atoms with Gasteiger partial charge in [-0.15, -0.1) is 0 Å². The second-order valence-corrected chi connectivity index (χ2v) is 10.3. The van der Waals surface area contributed by atoms with E-state index in [0.29, 0.717) is 29.0 Å². The lowest BCUT2D eigenvalue weighted by Crippen LogP contribution is -2.51. The highest BCUT2D eigenvalue weighted by Gasteiger charge is 2.51. The lowest BCUT2D eigenvalue weighted by Gasteiger charge is -2.33. The third-order valence-electron chi connectivity index (χ3n) is 7.42. The Morgan fingerprint density at radius 2 is 1.84 bits per heavy atom. The molecule has 1 aliphatic rings. The number of anilines is 1. The Labute approximate surface area is 251 Å². The summed E-state index contributed by atoms with van der Waals surface area (Å²) < 4.78 is 32.5. The van der Waals surface area contributed by atoms with Crippen molar-refractivity contribution in [2.45, 2.75) is 43.5 Å². The number of amides is 1. The zero-order valence-electron chi connectivity index (χ0n) is 26.1. The van der Waals surface area contributed by atoms with Crippen LogP contribution in [0.4, 0.5) is 5.82 Å². The molecule has 1 saturated heterocycles. The number of carbonyl (C=O) groups is 1. The molecule has 0 bridgehead atoms. The fourth-order valence-electron chi connectivity index (χ4n) is 5.11. The van der Waals surface area contributed by atoms with Crippen molar-refractivity contribution in [2.75, 3.05) is 12.4 Å². The number of ether oxygens (including phenoxy) is 1. The predicted molar refractivity (Wildman–Crippen MR) is 160 cm³/mol. The summed E-state index contributed by atoms with van der Waals surface area (Å²) in [6.45, 7) is -2.43. The van der Waals surface area contributed by atoms with Gasteiger partial charge < -0.3 is 31.3 Å². The van der Waals surface area contributed by atoms with Crippen LogP contribution in [0.1, 0.15) is 38.7 Å². The molecule has 3 aromatic heterocycles. The highest BCUT2D eigenvalue weighted by Crippen LogP contribution is 2.39. The van der Waals surface area contributed by atoms with Crippen LogP contribution in [0.3, 0.4) is 0 Å². The molecule has 5 aromatic rings. The van der Waals surface area contributed by atoms with Crippen LogP contribution in [-0.4, -0.2) is 66.0 Å². The van der Waals surface area contributed by atoms with Gasteiger partial charge in [0.05, 0.1) is 17.4 Å². The van der Waals surface area contributed by atoms with Crippen molar-refractivity contribution in [3.63, 3.8) is 0 Å². The summed E-state index contributed by atoms with van der Waals surface area (Å²) in [5, 5.41) is 28.4. The molecule has 12 nitrogen and oxygen atoms in total. The van der Waals surface area contributed by atoms with Gasteiger partial charge in [0.25, 0.3) is 5.91 Å². The number of nitrogens with two attached hydrogens (primary N) is 1. The van der Waals surface area contributed by atoms with Gasteiger partial charge in [-0.25, -0.2) is 15.0 Å². The van der Waals surface area contributed by atoms with Gasteiger partial charge in [-0.05, 0) is 24.0 Å². The number of nitrogens with zero attached hydrogens (tertiary/aromatic N) is 5. The van der Waals surface area contributed by atoms with Crippen LogP contribution < -0.4 is 16.4 Å². The van der Waals surface area contributed by atoms with Gasteiger partial charge in [-0.3, -0.25) is 14.3 Å². The van der Waals surface area contributed by atoms with E-state index in [1.165, 1.54) is 30.3 Å². The molecule has 1 unspecified atom stereocenters. The van der Waals surface area contributed by atoms with E-state index in [-0.39, 0.29) is 22.9 Å². The molecule has 1 amide bonds. The first kappa shape index (κ1) is 24.8. The zero-order valence-corrected chi connectivity index (χ0v) is 23.1. The molecule has 0 saturated carbocycles. The number of aliphatic hydroxyl groups excluding tert-OH is 2. The van der Waals surface area contributed by atoms with Crippen LogP contribution in [0, 0.1) is 0 Å². The molecular formula is C31H32N8O4. The number of aromatic nitrogens is 5. The maximum Gasteiger partial charge on any atom is 0.252 e. The molecule has 2 aromatic carbocycles. The van der Waals surface area contributed by atoms with Crippen LogP contribution in [0.25, 0.3) is 22.6 Å².